The number of methoxy groups -OCH3 is 1. The van der Waals surface area contributed by atoms with Gasteiger partial charge >= 0.3 is 12.1 Å². The van der Waals surface area contributed by atoms with Crippen molar-refractivity contribution in [3.8, 4) is 5.75 Å². The lowest BCUT2D eigenvalue weighted by Crippen LogP contribution is -2.45. The summed E-state index contributed by atoms with van der Waals surface area (Å²) in [4.78, 5) is 30.4. The van der Waals surface area contributed by atoms with Crippen LogP contribution in [-0.4, -0.2) is 87.8 Å². The zero-order chi connectivity index (χ0) is 28.5. The summed E-state index contributed by atoms with van der Waals surface area (Å²) >= 11 is 0. The van der Waals surface area contributed by atoms with Gasteiger partial charge in [0.15, 0.2) is 0 Å². The van der Waals surface area contributed by atoms with Gasteiger partial charge in [0.1, 0.15) is 11.6 Å². The SMILES string of the molecule is CCN(CC)C(=O)c1cc(NS(=O)(=O)c2ccc(OC)cc2)cnc1N1CCNCC1.O=C(O)C(F)(F)F. The molecule has 1 aliphatic heterocycles. The largest absolute Gasteiger partial charge is 0.497 e. The molecule has 3 rings (SSSR count). The number of hydrogen-bond acceptors (Lipinski definition) is 8. The highest BCUT2D eigenvalue weighted by Crippen LogP contribution is 2.26. The van der Waals surface area contributed by atoms with Gasteiger partial charge in [-0.05, 0) is 44.2 Å². The lowest BCUT2D eigenvalue weighted by molar-refractivity contribution is -0.192. The maximum absolute atomic E-state index is 13.2. The van der Waals surface area contributed by atoms with Gasteiger partial charge in [0.05, 0.1) is 29.5 Å². The Hall–Kier alpha value is -3.59. The van der Waals surface area contributed by atoms with Crippen molar-refractivity contribution < 1.29 is 41.0 Å². The van der Waals surface area contributed by atoms with Gasteiger partial charge in [0, 0.05) is 39.3 Å². The number of aromatic nitrogens is 1. The third-order valence-electron chi connectivity index (χ3n) is 5.43. The number of amides is 1. The molecule has 2 heterocycles. The Bertz CT molecular complexity index is 1200. The monoisotopic (exact) mass is 561 g/mol. The Kier molecular flexibility index (Phi) is 10.7. The highest BCUT2D eigenvalue weighted by molar-refractivity contribution is 7.92. The van der Waals surface area contributed by atoms with Crippen LogP contribution in [0.15, 0.2) is 41.4 Å². The van der Waals surface area contributed by atoms with E-state index in [1.807, 2.05) is 13.8 Å². The van der Waals surface area contributed by atoms with Crippen LogP contribution < -0.4 is 19.7 Å². The van der Waals surface area contributed by atoms with Gasteiger partial charge < -0.3 is 25.0 Å². The lowest BCUT2D eigenvalue weighted by atomic mass is 10.1. The molecular formula is C23H30F3N5O6S. The molecule has 1 aliphatic rings. The molecule has 210 valence electrons. The number of alkyl halides is 3. The van der Waals surface area contributed by atoms with Crippen molar-refractivity contribution in [2.75, 3.05) is 56.0 Å². The van der Waals surface area contributed by atoms with E-state index >= 15 is 0 Å². The first-order valence-corrected chi connectivity index (χ1v) is 13.0. The summed E-state index contributed by atoms with van der Waals surface area (Å²) in [6.45, 7) is 7.98. The maximum Gasteiger partial charge on any atom is 0.490 e. The van der Waals surface area contributed by atoms with Gasteiger partial charge in [0.25, 0.3) is 15.9 Å². The van der Waals surface area contributed by atoms with E-state index in [2.05, 4.69) is 19.9 Å². The van der Waals surface area contributed by atoms with Gasteiger partial charge in [-0.15, -0.1) is 0 Å². The van der Waals surface area contributed by atoms with Gasteiger partial charge in [-0.2, -0.15) is 13.2 Å². The minimum absolute atomic E-state index is 0.0936. The molecule has 0 spiro atoms. The second-order valence-electron chi connectivity index (χ2n) is 7.89. The molecule has 2 aromatic rings. The molecule has 3 N–H and O–H groups in total. The molecular weight excluding hydrogens is 531 g/mol. The highest BCUT2D eigenvalue weighted by atomic mass is 32.2. The number of halogens is 3. The summed E-state index contributed by atoms with van der Waals surface area (Å²) in [6, 6.07) is 7.66. The highest BCUT2D eigenvalue weighted by Gasteiger charge is 2.38. The summed E-state index contributed by atoms with van der Waals surface area (Å²) in [5.74, 6) is -1.79. The lowest BCUT2D eigenvalue weighted by Gasteiger charge is -2.31. The first-order chi connectivity index (χ1) is 17.8. The number of benzene rings is 1. The van der Waals surface area contributed by atoms with Crippen molar-refractivity contribution in [1.29, 1.82) is 0 Å². The molecule has 0 saturated carbocycles. The van der Waals surface area contributed by atoms with Gasteiger partial charge in [-0.3, -0.25) is 9.52 Å². The normalized spacial score (nSPS) is 13.7. The number of hydrogen-bond donors (Lipinski definition) is 3. The maximum atomic E-state index is 13.2. The first-order valence-electron chi connectivity index (χ1n) is 11.6. The second kappa shape index (κ2) is 13.3. The number of aliphatic carboxylic acids is 1. The van der Waals surface area contributed by atoms with Crippen LogP contribution in [-0.2, 0) is 14.8 Å². The number of carboxylic acid groups (broad SMARTS) is 1. The molecule has 1 fully saturated rings. The summed E-state index contributed by atoms with van der Waals surface area (Å²) in [5, 5.41) is 10.4. The van der Waals surface area contributed by atoms with Crippen molar-refractivity contribution >= 4 is 33.4 Å². The molecule has 0 atom stereocenters. The molecule has 0 unspecified atom stereocenters. The van der Waals surface area contributed by atoms with E-state index in [4.69, 9.17) is 14.6 Å². The molecule has 38 heavy (non-hydrogen) atoms. The van der Waals surface area contributed by atoms with Crippen molar-refractivity contribution in [3.63, 3.8) is 0 Å². The minimum atomic E-state index is -5.08. The van der Waals surface area contributed by atoms with E-state index < -0.39 is 22.2 Å². The molecule has 1 aromatic carbocycles. The molecule has 11 nitrogen and oxygen atoms in total. The van der Waals surface area contributed by atoms with Crippen molar-refractivity contribution in [1.82, 2.24) is 15.2 Å². The Balaban J connectivity index is 0.000000638. The average molecular weight is 562 g/mol. The summed E-state index contributed by atoms with van der Waals surface area (Å²) in [7, 11) is -2.33. The molecule has 1 saturated heterocycles. The number of sulfonamides is 1. The Morgan fingerprint density at radius 3 is 2.18 bits per heavy atom. The minimum Gasteiger partial charge on any atom is -0.497 e. The van der Waals surface area contributed by atoms with Crippen LogP contribution in [0.2, 0.25) is 0 Å². The number of pyridine rings is 1. The Morgan fingerprint density at radius 2 is 1.71 bits per heavy atom. The van der Waals surface area contributed by atoms with Gasteiger partial charge in [0.2, 0.25) is 0 Å². The quantitative estimate of drug-likeness (QED) is 0.443. The van der Waals surface area contributed by atoms with Crippen LogP contribution >= 0.6 is 0 Å². The fourth-order valence-electron chi connectivity index (χ4n) is 3.45. The topological polar surface area (TPSA) is 141 Å². The third kappa shape index (κ3) is 8.21. The van der Waals surface area contributed by atoms with Crippen molar-refractivity contribution in [2.24, 2.45) is 0 Å². The predicted octanol–water partition coefficient (Wildman–Crippen LogP) is 2.42. The standard InChI is InChI=1S/C21H29N5O4S.C2HF3O2/c1-4-25(5-2)21(27)19-14-16(15-23-20(19)26-12-10-22-11-13-26)24-31(28,29)18-8-6-17(30-3)7-9-18;3-2(4,5)1(6)7/h6-9,14-15,22,24H,4-5,10-13H2,1-3H3;(H,6,7). The Morgan fingerprint density at radius 1 is 1.16 bits per heavy atom. The fourth-order valence-corrected chi connectivity index (χ4v) is 4.48. The summed E-state index contributed by atoms with van der Waals surface area (Å²) < 4.78 is 65.0. The zero-order valence-electron chi connectivity index (χ0n) is 21.1. The number of rotatable bonds is 8. The van der Waals surface area contributed by atoms with Crippen LogP contribution in [0.3, 0.4) is 0 Å². The molecule has 1 aromatic heterocycles. The molecule has 15 heteroatoms. The second-order valence-corrected chi connectivity index (χ2v) is 9.58. The van der Waals surface area contributed by atoms with E-state index in [9.17, 15) is 26.4 Å². The number of ether oxygens (including phenoxy) is 1. The van der Waals surface area contributed by atoms with E-state index in [1.165, 1.54) is 25.4 Å². The van der Waals surface area contributed by atoms with Gasteiger partial charge in [-0.1, -0.05) is 0 Å². The summed E-state index contributed by atoms with van der Waals surface area (Å²) in [5.41, 5.74) is 0.630. The number of anilines is 2. The van der Waals surface area contributed by atoms with E-state index in [0.717, 1.165) is 26.2 Å². The molecule has 0 bridgehead atoms. The van der Waals surface area contributed by atoms with E-state index in [1.54, 1.807) is 23.1 Å². The number of carbonyl (C=O) groups is 2. The number of nitrogens with one attached hydrogen (secondary N) is 2. The summed E-state index contributed by atoms with van der Waals surface area (Å²) in [6.07, 6.45) is -3.63. The molecule has 0 radical (unpaired) electrons. The fraction of sp³-hybridized carbons (Fsp3) is 0.435. The predicted molar refractivity (Wildman–Crippen MR) is 134 cm³/mol. The molecule has 0 aliphatic carbocycles. The molecule has 1 amide bonds. The van der Waals surface area contributed by atoms with E-state index in [0.29, 0.717) is 30.2 Å². The van der Waals surface area contributed by atoms with Crippen LogP contribution in [0, 0.1) is 0 Å². The van der Waals surface area contributed by atoms with Crippen LogP contribution in [0.4, 0.5) is 24.7 Å². The number of carboxylic acids is 1. The number of nitrogens with zero attached hydrogens (tertiary/aromatic N) is 3. The van der Waals surface area contributed by atoms with Gasteiger partial charge in [-0.25, -0.2) is 18.2 Å². The smallest absolute Gasteiger partial charge is 0.490 e. The van der Waals surface area contributed by atoms with Crippen molar-refractivity contribution in [2.45, 2.75) is 24.9 Å². The van der Waals surface area contributed by atoms with Crippen LogP contribution in [0.5, 0.6) is 5.75 Å². The van der Waals surface area contributed by atoms with Crippen LogP contribution in [0.1, 0.15) is 24.2 Å². The van der Waals surface area contributed by atoms with Crippen molar-refractivity contribution in [3.05, 3.63) is 42.1 Å². The Labute approximate surface area is 218 Å². The zero-order valence-corrected chi connectivity index (χ0v) is 21.9. The van der Waals surface area contributed by atoms with Crippen LogP contribution in [0.25, 0.3) is 0 Å². The number of piperazine rings is 1. The first kappa shape index (κ1) is 30.6. The van der Waals surface area contributed by atoms with E-state index in [-0.39, 0.29) is 16.5 Å². The number of carbonyl (C=O) groups excluding carboxylic acids is 1. The third-order valence-corrected chi connectivity index (χ3v) is 6.83. The average Bonchev–Trinajstić information content (AvgIpc) is 2.89.